The first-order valence-electron chi connectivity index (χ1n) is 17.8. The van der Waals surface area contributed by atoms with Crippen LogP contribution in [-0.4, -0.2) is 30.3 Å². The summed E-state index contributed by atoms with van der Waals surface area (Å²) in [5.41, 5.74) is -0.224. The van der Waals surface area contributed by atoms with Gasteiger partial charge in [0, 0.05) is 12.8 Å². The first-order valence-corrected chi connectivity index (χ1v) is 17.8. The van der Waals surface area contributed by atoms with Crippen LogP contribution in [0.5, 0.6) is 0 Å². The van der Waals surface area contributed by atoms with E-state index in [1.165, 1.54) is 122 Å². The first kappa shape index (κ1) is 37.6. The second-order valence-electron chi connectivity index (χ2n) is 12.6. The Balaban J connectivity index is 1.88. The van der Waals surface area contributed by atoms with E-state index in [9.17, 15) is 9.59 Å². The molecule has 1 rings (SSSR count). The fraction of sp³-hybridized carbons (Fsp3) is 0.943. The fourth-order valence-corrected chi connectivity index (χ4v) is 5.52. The lowest BCUT2D eigenvalue weighted by atomic mass is 9.98. The van der Waals surface area contributed by atoms with Crippen LogP contribution < -0.4 is 0 Å². The van der Waals surface area contributed by atoms with Gasteiger partial charge in [-0.05, 0) is 39.0 Å². The Morgan fingerprint density at radius 3 is 1.39 bits per heavy atom. The van der Waals surface area contributed by atoms with Crippen LogP contribution in [0.3, 0.4) is 0 Å². The summed E-state index contributed by atoms with van der Waals surface area (Å²) in [5, 5.41) is 8.55. The number of carbonyl (C=O) groups is 2. The Labute approximate surface area is 253 Å². The van der Waals surface area contributed by atoms with Gasteiger partial charge in [0.25, 0.3) is 0 Å². The number of ether oxygens (including phenoxy) is 2. The van der Waals surface area contributed by atoms with Crippen LogP contribution in [0.15, 0.2) is 10.2 Å². The second-order valence-corrected chi connectivity index (χ2v) is 12.6. The van der Waals surface area contributed by atoms with Crippen LogP contribution >= 0.6 is 0 Å². The van der Waals surface area contributed by atoms with Gasteiger partial charge < -0.3 is 9.47 Å². The molecule has 0 amide bonds. The summed E-state index contributed by atoms with van der Waals surface area (Å²) in [6.07, 6.45) is 31.6. The molecule has 0 aromatic carbocycles. The number of unbranched alkanes of at least 4 members (excludes halogenated alkanes) is 20. The van der Waals surface area contributed by atoms with Crippen LogP contribution in [0.1, 0.15) is 194 Å². The van der Waals surface area contributed by atoms with Crippen molar-refractivity contribution in [1.82, 2.24) is 0 Å². The maximum absolute atomic E-state index is 12.2. The maximum atomic E-state index is 12.2. The molecule has 240 valence electrons. The molecule has 0 spiro atoms. The van der Waals surface area contributed by atoms with Gasteiger partial charge in [-0.15, -0.1) is 0 Å². The van der Waals surface area contributed by atoms with E-state index in [2.05, 4.69) is 24.1 Å². The molecule has 0 fully saturated rings. The van der Waals surface area contributed by atoms with E-state index < -0.39 is 6.10 Å². The number of rotatable bonds is 31. The van der Waals surface area contributed by atoms with E-state index in [0.717, 1.165) is 38.5 Å². The molecule has 0 radical (unpaired) electrons. The Morgan fingerprint density at radius 2 is 0.927 bits per heavy atom. The van der Waals surface area contributed by atoms with Crippen molar-refractivity contribution in [2.75, 3.05) is 6.61 Å². The van der Waals surface area contributed by atoms with E-state index >= 15 is 0 Å². The van der Waals surface area contributed by atoms with Gasteiger partial charge in [-0.25, -0.2) is 0 Å². The summed E-state index contributed by atoms with van der Waals surface area (Å²) < 4.78 is 10.8. The number of nitrogens with zero attached hydrogens (tertiary/aromatic N) is 2. The first-order chi connectivity index (χ1) is 20.0. The largest absolute Gasteiger partial charge is 0.462 e. The summed E-state index contributed by atoms with van der Waals surface area (Å²) in [7, 11) is 0. The molecular formula is C35H66N2O4. The highest BCUT2D eigenvalue weighted by atomic mass is 16.6. The number of carbonyl (C=O) groups excluding carboxylic acids is 2. The van der Waals surface area contributed by atoms with Crippen molar-refractivity contribution in [3.8, 4) is 0 Å². The number of hydrogen-bond donors (Lipinski definition) is 0. The van der Waals surface area contributed by atoms with E-state index in [0.29, 0.717) is 12.8 Å². The second kappa shape index (κ2) is 26.2. The van der Waals surface area contributed by atoms with Gasteiger partial charge >= 0.3 is 11.9 Å². The van der Waals surface area contributed by atoms with Gasteiger partial charge in [-0.3, -0.25) is 9.59 Å². The summed E-state index contributed by atoms with van der Waals surface area (Å²) in [6, 6.07) is 0. The lowest BCUT2D eigenvalue weighted by Gasteiger charge is -2.14. The van der Waals surface area contributed by atoms with Crippen molar-refractivity contribution in [2.45, 2.75) is 206 Å². The Kier molecular flexibility index (Phi) is 24.0. The van der Waals surface area contributed by atoms with Crippen molar-refractivity contribution < 1.29 is 19.1 Å². The molecule has 6 nitrogen and oxygen atoms in total. The molecule has 0 aromatic heterocycles. The van der Waals surface area contributed by atoms with Crippen molar-refractivity contribution in [2.24, 2.45) is 10.2 Å². The summed E-state index contributed by atoms with van der Waals surface area (Å²) >= 11 is 0. The topological polar surface area (TPSA) is 77.3 Å². The van der Waals surface area contributed by atoms with Crippen LogP contribution in [0, 0.1) is 0 Å². The maximum Gasteiger partial charge on any atom is 0.306 e. The molecule has 0 aliphatic carbocycles. The highest BCUT2D eigenvalue weighted by Gasteiger charge is 2.38. The molecule has 0 bridgehead atoms. The third kappa shape index (κ3) is 23.8. The lowest BCUT2D eigenvalue weighted by molar-refractivity contribution is -0.158. The van der Waals surface area contributed by atoms with E-state index in [4.69, 9.17) is 9.47 Å². The third-order valence-electron chi connectivity index (χ3n) is 8.32. The minimum absolute atomic E-state index is 0.135. The quantitative estimate of drug-likeness (QED) is 0.0605. The molecule has 1 heterocycles. The van der Waals surface area contributed by atoms with Crippen molar-refractivity contribution in [1.29, 1.82) is 0 Å². The molecular weight excluding hydrogens is 512 g/mol. The lowest BCUT2D eigenvalue weighted by Crippen LogP contribution is -2.22. The van der Waals surface area contributed by atoms with Gasteiger partial charge in [0.05, 0.1) is 0 Å². The molecule has 0 aromatic rings. The summed E-state index contributed by atoms with van der Waals surface area (Å²) in [4.78, 5) is 24.2. The number of esters is 2. The Morgan fingerprint density at radius 1 is 0.537 bits per heavy atom. The van der Waals surface area contributed by atoms with E-state index in [-0.39, 0.29) is 24.2 Å². The highest BCUT2D eigenvalue weighted by molar-refractivity contribution is 5.70. The minimum atomic E-state index is -0.413. The SMILES string of the molecule is CCCCCCCCCCCCCCCCCC(=O)OC[C@@H](C)OC(=O)CCCC1(CCCCCCCCC)N=N1. The molecule has 1 atom stereocenters. The standard InChI is InChI=1S/C35H66N2O4/c1-4-6-8-10-12-13-14-15-16-17-18-19-20-22-24-27-33(38)40-31-32(3)41-34(39)28-26-30-35(36-37-35)29-25-23-21-11-9-7-5-2/h32H,4-31H2,1-3H3/t32-/m1/s1. The van der Waals surface area contributed by atoms with Gasteiger partial charge in [-0.2, -0.15) is 10.2 Å². The van der Waals surface area contributed by atoms with Gasteiger partial charge in [0.2, 0.25) is 0 Å². The average molecular weight is 579 g/mol. The summed E-state index contributed by atoms with van der Waals surface area (Å²) in [5.74, 6) is -0.422. The highest BCUT2D eigenvalue weighted by Crippen LogP contribution is 2.38. The predicted octanol–water partition coefficient (Wildman–Crippen LogP) is 11.2. The fourth-order valence-electron chi connectivity index (χ4n) is 5.52. The zero-order valence-corrected chi connectivity index (χ0v) is 27.4. The van der Waals surface area contributed by atoms with Gasteiger partial charge in [-0.1, -0.05) is 142 Å². The molecule has 0 N–H and O–H groups in total. The molecule has 0 unspecified atom stereocenters. The van der Waals surface area contributed by atoms with E-state index in [1.807, 2.05) is 0 Å². The van der Waals surface area contributed by atoms with E-state index in [1.54, 1.807) is 6.92 Å². The molecule has 0 saturated carbocycles. The monoisotopic (exact) mass is 579 g/mol. The zero-order chi connectivity index (χ0) is 29.9. The van der Waals surface area contributed by atoms with Crippen molar-refractivity contribution in [3.63, 3.8) is 0 Å². The minimum Gasteiger partial charge on any atom is -0.462 e. The third-order valence-corrected chi connectivity index (χ3v) is 8.32. The molecule has 0 saturated heterocycles. The number of hydrogen-bond acceptors (Lipinski definition) is 6. The van der Waals surface area contributed by atoms with Crippen LogP contribution in [-0.2, 0) is 19.1 Å². The van der Waals surface area contributed by atoms with Crippen LogP contribution in [0.2, 0.25) is 0 Å². The van der Waals surface area contributed by atoms with Crippen LogP contribution in [0.25, 0.3) is 0 Å². The Hall–Kier alpha value is -1.46. The molecule has 41 heavy (non-hydrogen) atoms. The predicted molar refractivity (Wildman–Crippen MR) is 170 cm³/mol. The van der Waals surface area contributed by atoms with Gasteiger partial charge in [0.1, 0.15) is 12.7 Å². The smallest absolute Gasteiger partial charge is 0.306 e. The molecule has 6 heteroatoms. The van der Waals surface area contributed by atoms with Crippen molar-refractivity contribution >= 4 is 11.9 Å². The normalized spacial score (nSPS) is 14.2. The Bertz CT molecular complexity index is 661. The van der Waals surface area contributed by atoms with Gasteiger partial charge in [0.15, 0.2) is 5.66 Å². The zero-order valence-electron chi connectivity index (χ0n) is 27.4. The summed E-state index contributed by atoms with van der Waals surface area (Å²) in [6.45, 7) is 6.44. The average Bonchev–Trinajstić information content (AvgIpc) is 3.73. The van der Waals surface area contributed by atoms with Crippen LogP contribution in [0.4, 0.5) is 0 Å². The molecule has 1 aliphatic heterocycles. The molecule has 1 aliphatic rings. The van der Waals surface area contributed by atoms with Crippen molar-refractivity contribution in [3.05, 3.63) is 0 Å².